The minimum Gasteiger partial charge on any atom is -0.311 e. The number of nitrogens with one attached hydrogen (secondary N) is 1. The molecule has 1 N–H and O–H groups in total. The molecule has 3 heterocycles. The van der Waals surface area contributed by atoms with Crippen molar-refractivity contribution in [2.45, 2.75) is 18.9 Å². The van der Waals surface area contributed by atoms with Crippen LogP contribution in [0.2, 0.25) is 5.02 Å². The molecule has 1 aliphatic heterocycles. The summed E-state index contributed by atoms with van der Waals surface area (Å²) in [6.07, 6.45) is 2.02. The van der Waals surface area contributed by atoms with Gasteiger partial charge in [-0.15, -0.1) is 11.3 Å². The number of hydrogen-bond acceptors (Lipinski definition) is 3. The van der Waals surface area contributed by atoms with Gasteiger partial charge in [-0.3, -0.25) is 4.79 Å². The average molecular weight is 362 g/mol. The fraction of sp³-hybridized carbons (Fsp3) is 0.176. The van der Waals surface area contributed by atoms with Crippen molar-refractivity contribution < 1.29 is 9.18 Å². The molecule has 1 aromatic carbocycles. The molecule has 2 aromatic heterocycles. The minimum absolute atomic E-state index is 0.0965. The first kappa shape index (κ1) is 15.4. The zero-order valence-electron chi connectivity index (χ0n) is 12.5. The van der Waals surface area contributed by atoms with Gasteiger partial charge in [-0.05, 0) is 29.1 Å². The van der Waals surface area contributed by atoms with Crippen LogP contribution in [-0.2, 0) is 11.3 Å². The number of amides is 1. The molecular weight excluding hydrogens is 349 g/mol. The highest BCUT2D eigenvalue weighted by molar-refractivity contribution is 7.09. The Labute approximate surface area is 146 Å². The average Bonchev–Trinajstić information content (AvgIpc) is 3.18. The van der Waals surface area contributed by atoms with Gasteiger partial charge in [0.1, 0.15) is 11.6 Å². The zero-order valence-corrected chi connectivity index (χ0v) is 14.1. The van der Waals surface area contributed by atoms with E-state index in [1.54, 1.807) is 28.3 Å². The molecular formula is C17H13ClFN3OS. The molecule has 0 spiro atoms. The number of aromatic nitrogens is 2. The van der Waals surface area contributed by atoms with Crippen molar-refractivity contribution >= 4 is 34.7 Å². The molecule has 0 bridgehead atoms. The highest BCUT2D eigenvalue weighted by atomic mass is 35.5. The number of nitrogens with zero attached hydrogens (tertiary/aromatic N) is 2. The lowest BCUT2D eigenvalue weighted by Gasteiger charge is -2.24. The maximum Gasteiger partial charge on any atom is 0.226 e. The van der Waals surface area contributed by atoms with Crippen LogP contribution in [0, 0.1) is 5.82 Å². The number of carbonyl (C=O) groups is 1. The summed E-state index contributed by atoms with van der Waals surface area (Å²) in [5, 5.41) is 9.65. The van der Waals surface area contributed by atoms with Crippen LogP contribution >= 0.6 is 22.9 Å². The number of benzene rings is 1. The number of rotatable bonds is 3. The van der Waals surface area contributed by atoms with Crippen LogP contribution in [0.15, 0.2) is 41.9 Å². The van der Waals surface area contributed by atoms with Gasteiger partial charge in [0.2, 0.25) is 5.91 Å². The van der Waals surface area contributed by atoms with Crippen LogP contribution in [0.4, 0.5) is 10.2 Å². The van der Waals surface area contributed by atoms with E-state index in [4.69, 9.17) is 11.6 Å². The van der Waals surface area contributed by atoms with E-state index in [0.717, 1.165) is 16.0 Å². The van der Waals surface area contributed by atoms with Gasteiger partial charge in [0.05, 0.1) is 12.7 Å². The van der Waals surface area contributed by atoms with E-state index in [1.165, 1.54) is 12.1 Å². The summed E-state index contributed by atoms with van der Waals surface area (Å²) in [5.74, 6) is -0.0255. The number of carbonyl (C=O) groups excluding carboxylic acids is 1. The molecule has 24 heavy (non-hydrogen) atoms. The summed E-state index contributed by atoms with van der Waals surface area (Å²) in [6.45, 7) is 0.594. The third-order valence-electron chi connectivity index (χ3n) is 4.11. The third-order valence-corrected chi connectivity index (χ3v) is 5.30. The molecule has 3 aromatic rings. The molecule has 0 radical (unpaired) electrons. The van der Waals surface area contributed by atoms with Crippen LogP contribution in [0.1, 0.15) is 28.3 Å². The predicted molar refractivity (Wildman–Crippen MR) is 92.1 cm³/mol. The third kappa shape index (κ3) is 2.72. The van der Waals surface area contributed by atoms with E-state index in [9.17, 15) is 9.18 Å². The van der Waals surface area contributed by atoms with Crippen LogP contribution in [-0.4, -0.2) is 15.7 Å². The van der Waals surface area contributed by atoms with Gasteiger partial charge >= 0.3 is 0 Å². The molecule has 0 aliphatic carbocycles. The van der Waals surface area contributed by atoms with E-state index < -0.39 is 5.82 Å². The Morgan fingerprint density at radius 1 is 1.38 bits per heavy atom. The highest BCUT2D eigenvalue weighted by Crippen LogP contribution is 2.40. The lowest BCUT2D eigenvalue weighted by atomic mass is 9.87. The second kappa shape index (κ2) is 6.03. The summed E-state index contributed by atoms with van der Waals surface area (Å²) in [4.78, 5) is 13.3. The molecule has 1 aliphatic rings. The van der Waals surface area contributed by atoms with E-state index in [0.29, 0.717) is 17.4 Å². The molecule has 7 heteroatoms. The summed E-state index contributed by atoms with van der Waals surface area (Å²) in [5.41, 5.74) is 1.64. The number of halogens is 2. The first-order valence-corrected chi connectivity index (χ1v) is 8.70. The van der Waals surface area contributed by atoms with Crippen molar-refractivity contribution in [3.05, 3.63) is 68.8 Å². The Bertz CT molecular complexity index is 907. The van der Waals surface area contributed by atoms with E-state index in [2.05, 4.69) is 10.4 Å². The molecule has 0 unspecified atom stereocenters. The second-order valence-corrected chi connectivity index (χ2v) is 7.10. The summed E-state index contributed by atoms with van der Waals surface area (Å²) < 4.78 is 15.1. The van der Waals surface area contributed by atoms with Gasteiger partial charge < -0.3 is 5.32 Å². The van der Waals surface area contributed by atoms with Gasteiger partial charge in [0.25, 0.3) is 0 Å². The lowest BCUT2D eigenvalue weighted by molar-refractivity contribution is -0.116. The van der Waals surface area contributed by atoms with Gasteiger partial charge in [-0.25, -0.2) is 9.07 Å². The number of anilines is 1. The first-order valence-electron chi connectivity index (χ1n) is 7.44. The Hall–Kier alpha value is -2.18. The van der Waals surface area contributed by atoms with Crippen LogP contribution < -0.4 is 5.32 Å². The fourth-order valence-electron chi connectivity index (χ4n) is 3.00. The monoisotopic (exact) mass is 361 g/mol. The quantitative estimate of drug-likeness (QED) is 0.757. The normalized spacial score (nSPS) is 16.8. The molecule has 4 rings (SSSR count). The minimum atomic E-state index is -0.391. The molecule has 1 atom stereocenters. The molecule has 0 fully saturated rings. The van der Waals surface area contributed by atoms with Crippen molar-refractivity contribution in [3.8, 4) is 0 Å². The topological polar surface area (TPSA) is 46.9 Å². The van der Waals surface area contributed by atoms with Crippen molar-refractivity contribution in [3.63, 3.8) is 0 Å². The van der Waals surface area contributed by atoms with Gasteiger partial charge in [-0.1, -0.05) is 23.7 Å². The van der Waals surface area contributed by atoms with Crippen molar-refractivity contribution in [2.75, 3.05) is 5.32 Å². The smallest absolute Gasteiger partial charge is 0.226 e. The van der Waals surface area contributed by atoms with Crippen molar-refractivity contribution in [2.24, 2.45) is 0 Å². The summed E-state index contributed by atoms with van der Waals surface area (Å²) in [6, 6.07) is 8.29. The maximum absolute atomic E-state index is 13.3. The number of fused-ring (bicyclic) bond motifs is 1. The van der Waals surface area contributed by atoms with Gasteiger partial charge in [0.15, 0.2) is 0 Å². The summed E-state index contributed by atoms with van der Waals surface area (Å²) in [7, 11) is 0. The van der Waals surface area contributed by atoms with E-state index >= 15 is 0 Å². The van der Waals surface area contributed by atoms with Crippen LogP contribution in [0.25, 0.3) is 0 Å². The van der Waals surface area contributed by atoms with Crippen LogP contribution in [0.3, 0.4) is 0 Å². The maximum atomic E-state index is 13.3. The Morgan fingerprint density at radius 3 is 3.00 bits per heavy atom. The number of hydrogen-bond donors (Lipinski definition) is 1. The highest BCUT2D eigenvalue weighted by Gasteiger charge is 2.31. The summed E-state index contributed by atoms with van der Waals surface area (Å²) >= 11 is 7.84. The van der Waals surface area contributed by atoms with E-state index in [1.807, 2.05) is 17.5 Å². The Morgan fingerprint density at radius 2 is 2.25 bits per heavy atom. The van der Waals surface area contributed by atoms with Crippen molar-refractivity contribution in [1.82, 2.24) is 9.78 Å². The Balaban J connectivity index is 1.75. The number of thiophene rings is 1. The molecule has 122 valence electrons. The molecule has 4 nitrogen and oxygen atoms in total. The Kier molecular flexibility index (Phi) is 3.86. The molecule has 1 amide bonds. The predicted octanol–water partition coefficient (Wildman–Crippen LogP) is 4.26. The first-order chi connectivity index (χ1) is 11.6. The van der Waals surface area contributed by atoms with Crippen LogP contribution in [0.5, 0.6) is 0 Å². The standard InChI is InChI=1S/C17H13ClFN3OS/c18-15-6-10(19)3-4-12(15)13-7-16(23)21-17-14(13)8-20-22(17)9-11-2-1-5-24-11/h1-6,8,13H,7,9H2,(H,21,23)/t13-/m1/s1. The zero-order chi connectivity index (χ0) is 16.7. The van der Waals surface area contributed by atoms with Gasteiger partial charge in [-0.2, -0.15) is 5.10 Å². The lowest BCUT2D eigenvalue weighted by Crippen LogP contribution is -2.25. The van der Waals surface area contributed by atoms with Crippen molar-refractivity contribution in [1.29, 1.82) is 0 Å². The van der Waals surface area contributed by atoms with Gasteiger partial charge in [0, 0.05) is 27.8 Å². The molecule has 0 saturated carbocycles. The van der Waals surface area contributed by atoms with E-state index in [-0.39, 0.29) is 18.2 Å². The SMILES string of the molecule is O=C1C[C@H](c2ccc(F)cc2Cl)c2cnn(Cc3cccs3)c2N1. The second-order valence-electron chi connectivity index (χ2n) is 5.66. The largest absolute Gasteiger partial charge is 0.311 e. The molecule has 0 saturated heterocycles. The fourth-order valence-corrected chi connectivity index (χ4v) is 3.99.